The number of amides is 1. The van der Waals surface area contributed by atoms with Crippen LogP contribution in [0.2, 0.25) is 0 Å². The fraction of sp³-hybridized carbons (Fsp3) is 0.429. The molecular weight excluding hydrogens is 282 g/mol. The Morgan fingerprint density at radius 2 is 1.90 bits per heavy atom. The summed E-state index contributed by atoms with van der Waals surface area (Å²) in [5.74, 6) is -2.00. The van der Waals surface area contributed by atoms with Gasteiger partial charge in [-0.3, -0.25) is 4.79 Å². The number of carbonyl (C=O) groups excluding carboxylic acids is 1. The number of benzene rings is 1. The number of nitrogens with two attached hydrogens (primary N) is 1. The van der Waals surface area contributed by atoms with E-state index >= 15 is 0 Å². The summed E-state index contributed by atoms with van der Waals surface area (Å²) >= 11 is 0. The SMILES string of the molecule is NC(CCCNC(=O)Cc1ccccc1)(C(=O)O)C(F)F. The molecule has 1 atom stereocenters. The van der Waals surface area contributed by atoms with E-state index in [4.69, 9.17) is 10.8 Å². The average Bonchev–Trinajstić information content (AvgIpc) is 2.44. The van der Waals surface area contributed by atoms with Gasteiger partial charge in [0.1, 0.15) is 0 Å². The lowest BCUT2D eigenvalue weighted by Gasteiger charge is -2.23. The van der Waals surface area contributed by atoms with E-state index in [-0.39, 0.29) is 25.3 Å². The summed E-state index contributed by atoms with van der Waals surface area (Å²) in [7, 11) is 0. The van der Waals surface area contributed by atoms with Gasteiger partial charge in [-0.15, -0.1) is 0 Å². The maximum absolute atomic E-state index is 12.6. The predicted molar refractivity (Wildman–Crippen MR) is 72.9 cm³/mol. The van der Waals surface area contributed by atoms with Crippen LogP contribution in [-0.4, -0.2) is 35.5 Å². The second-order valence-corrected chi connectivity index (χ2v) is 4.76. The van der Waals surface area contributed by atoms with Crippen molar-refractivity contribution in [3.05, 3.63) is 35.9 Å². The van der Waals surface area contributed by atoms with Crippen LogP contribution in [0.25, 0.3) is 0 Å². The largest absolute Gasteiger partial charge is 0.480 e. The Balaban J connectivity index is 2.33. The number of carboxylic acids is 1. The highest BCUT2D eigenvalue weighted by molar-refractivity contribution is 5.79. The van der Waals surface area contributed by atoms with Gasteiger partial charge in [0.25, 0.3) is 6.43 Å². The minimum atomic E-state index is -3.16. The monoisotopic (exact) mass is 300 g/mol. The lowest BCUT2D eigenvalue weighted by Crippen LogP contribution is -2.54. The first-order valence-corrected chi connectivity index (χ1v) is 6.47. The summed E-state index contributed by atoms with van der Waals surface area (Å²) in [5, 5.41) is 11.3. The van der Waals surface area contributed by atoms with Crippen molar-refractivity contribution in [3.8, 4) is 0 Å². The Hall–Kier alpha value is -2.02. The summed E-state index contributed by atoms with van der Waals surface area (Å²) in [4.78, 5) is 22.3. The number of rotatable bonds is 8. The van der Waals surface area contributed by atoms with Crippen molar-refractivity contribution in [2.45, 2.75) is 31.2 Å². The van der Waals surface area contributed by atoms with Crippen LogP contribution in [0.3, 0.4) is 0 Å². The van der Waals surface area contributed by atoms with Crippen LogP contribution in [0.1, 0.15) is 18.4 Å². The Labute approximate surface area is 121 Å². The third kappa shape index (κ3) is 5.11. The predicted octanol–water partition coefficient (Wildman–Crippen LogP) is 1.17. The molecule has 0 aliphatic carbocycles. The Morgan fingerprint density at radius 3 is 2.43 bits per heavy atom. The Kier molecular flexibility index (Phi) is 6.23. The Morgan fingerprint density at radius 1 is 1.29 bits per heavy atom. The van der Waals surface area contributed by atoms with Crippen molar-refractivity contribution in [2.75, 3.05) is 6.54 Å². The van der Waals surface area contributed by atoms with Gasteiger partial charge in [0.15, 0.2) is 5.54 Å². The summed E-state index contributed by atoms with van der Waals surface area (Å²) in [6.07, 6.45) is -3.32. The number of carboxylic acid groups (broad SMARTS) is 1. The molecule has 4 N–H and O–H groups in total. The lowest BCUT2D eigenvalue weighted by atomic mass is 9.95. The molecular formula is C14H18F2N2O3. The van der Waals surface area contributed by atoms with Crippen molar-refractivity contribution in [2.24, 2.45) is 5.73 Å². The van der Waals surface area contributed by atoms with E-state index in [0.717, 1.165) is 5.56 Å². The van der Waals surface area contributed by atoms with Crippen LogP contribution in [0.15, 0.2) is 30.3 Å². The molecule has 7 heteroatoms. The number of carbonyl (C=O) groups is 2. The molecule has 0 bridgehead atoms. The van der Waals surface area contributed by atoms with E-state index in [1.165, 1.54) is 0 Å². The van der Waals surface area contributed by atoms with Gasteiger partial charge >= 0.3 is 5.97 Å². The van der Waals surface area contributed by atoms with Crippen LogP contribution in [0.4, 0.5) is 8.78 Å². The molecule has 1 unspecified atom stereocenters. The topological polar surface area (TPSA) is 92.4 Å². The highest BCUT2D eigenvalue weighted by Crippen LogP contribution is 2.19. The molecule has 0 spiro atoms. The maximum Gasteiger partial charge on any atom is 0.329 e. The average molecular weight is 300 g/mol. The molecule has 1 aromatic carbocycles. The number of alkyl halides is 2. The van der Waals surface area contributed by atoms with Crippen molar-refractivity contribution >= 4 is 11.9 Å². The van der Waals surface area contributed by atoms with Gasteiger partial charge < -0.3 is 16.2 Å². The highest BCUT2D eigenvalue weighted by Gasteiger charge is 2.43. The number of nitrogens with one attached hydrogen (secondary N) is 1. The van der Waals surface area contributed by atoms with Crippen LogP contribution < -0.4 is 11.1 Å². The van der Waals surface area contributed by atoms with E-state index in [9.17, 15) is 18.4 Å². The number of hydrogen-bond donors (Lipinski definition) is 3. The molecule has 1 aromatic rings. The van der Waals surface area contributed by atoms with Gasteiger partial charge in [0, 0.05) is 6.54 Å². The summed E-state index contributed by atoms with van der Waals surface area (Å²) in [6, 6.07) is 9.04. The first kappa shape index (κ1) is 17.0. The van der Waals surface area contributed by atoms with Gasteiger partial charge in [-0.05, 0) is 18.4 Å². The van der Waals surface area contributed by atoms with Gasteiger partial charge in [0.2, 0.25) is 5.91 Å². The minimum absolute atomic E-state index is 0.0632. The zero-order valence-corrected chi connectivity index (χ0v) is 11.4. The fourth-order valence-corrected chi connectivity index (χ4v) is 1.76. The minimum Gasteiger partial charge on any atom is -0.480 e. The van der Waals surface area contributed by atoms with Crippen molar-refractivity contribution < 1.29 is 23.5 Å². The van der Waals surface area contributed by atoms with Crippen LogP contribution in [-0.2, 0) is 16.0 Å². The first-order chi connectivity index (χ1) is 9.86. The second kappa shape index (κ2) is 7.68. The van der Waals surface area contributed by atoms with Crippen LogP contribution in [0, 0.1) is 0 Å². The number of hydrogen-bond acceptors (Lipinski definition) is 3. The molecule has 0 heterocycles. The molecule has 1 amide bonds. The summed E-state index contributed by atoms with van der Waals surface area (Å²) < 4.78 is 25.2. The molecule has 1 rings (SSSR count). The molecule has 0 fully saturated rings. The standard InChI is InChI=1S/C14H18F2N2O3/c15-12(16)14(17,13(20)21)7-4-8-18-11(19)9-10-5-2-1-3-6-10/h1-3,5-6,12H,4,7-9,17H2,(H,18,19)(H,20,21). The van der Waals surface area contributed by atoms with Gasteiger partial charge in [0.05, 0.1) is 6.42 Å². The summed E-state index contributed by atoms with van der Waals surface area (Å²) in [5.41, 5.74) is 3.43. The highest BCUT2D eigenvalue weighted by atomic mass is 19.3. The molecule has 0 saturated carbocycles. The molecule has 0 aromatic heterocycles. The van der Waals surface area contributed by atoms with Crippen LogP contribution >= 0.6 is 0 Å². The smallest absolute Gasteiger partial charge is 0.329 e. The molecule has 5 nitrogen and oxygen atoms in total. The lowest BCUT2D eigenvalue weighted by molar-refractivity contribution is -0.150. The van der Waals surface area contributed by atoms with Crippen LogP contribution in [0.5, 0.6) is 0 Å². The molecule has 0 radical (unpaired) electrons. The number of halogens is 2. The molecule has 0 saturated heterocycles. The van der Waals surface area contributed by atoms with E-state index in [1.54, 1.807) is 24.3 Å². The zero-order chi connectivity index (χ0) is 15.9. The van der Waals surface area contributed by atoms with E-state index in [0.29, 0.717) is 0 Å². The fourth-order valence-electron chi connectivity index (χ4n) is 1.76. The van der Waals surface area contributed by atoms with Gasteiger partial charge in [-0.1, -0.05) is 30.3 Å². The van der Waals surface area contributed by atoms with Crippen molar-refractivity contribution in [1.29, 1.82) is 0 Å². The third-order valence-corrected chi connectivity index (χ3v) is 3.08. The molecule has 116 valence electrons. The summed E-state index contributed by atoms with van der Waals surface area (Å²) in [6.45, 7) is 0.102. The molecule has 0 aliphatic rings. The quantitative estimate of drug-likeness (QED) is 0.628. The maximum atomic E-state index is 12.6. The molecule has 21 heavy (non-hydrogen) atoms. The van der Waals surface area contributed by atoms with E-state index in [2.05, 4.69) is 5.32 Å². The Bertz CT molecular complexity index is 482. The van der Waals surface area contributed by atoms with E-state index < -0.39 is 24.4 Å². The second-order valence-electron chi connectivity index (χ2n) is 4.76. The molecule has 0 aliphatic heterocycles. The van der Waals surface area contributed by atoms with Gasteiger partial charge in [-0.25, -0.2) is 13.6 Å². The third-order valence-electron chi connectivity index (χ3n) is 3.08. The van der Waals surface area contributed by atoms with Gasteiger partial charge in [-0.2, -0.15) is 0 Å². The number of aliphatic carboxylic acids is 1. The normalized spacial score (nSPS) is 13.7. The van der Waals surface area contributed by atoms with Crippen molar-refractivity contribution in [1.82, 2.24) is 5.32 Å². The van der Waals surface area contributed by atoms with E-state index in [1.807, 2.05) is 6.07 Å². The first-order valence-electron chi connectivity index (χ1n) is 6.47. The van der Waals surface area contributed by atoms with Crippen molar-refractivity contribution in [3.63, 3.8) is 0 Å². The zero-order valence-electron chi connectivity index (χ0n) is 11.4.